The quantitative estimate of drug-likeness (QED) is 0.642. The molecule has 0 saturated carbocycles. The molecule has 0 aromatic carbocycles. The summed E-state index contributed by atoms with van der Waals surface area (Å²) in [5.41, 5.74) is 2.19. The highest BCUT2D eigenvalue weighted by molar-refractivity contribution is 5.24. The minimum Gasteiger partial charge on any atom is -0.326 e. The number of aryl methyl sites for hydroxylation is 1. The van der Waals surface area contributed by atoms with E-state index in [9.17, 15) is 4.79 Å². The van der Waals surface area contributed by atoms with E-state index in [2.05, 4.69) is 10.3 Å². The number of nitrogens with one attached hydrogen (secondary N) is 2. The summed E-state index contributed by atoms with van der Waals surface area (Å²) in [6.07, 6.45) is 1.17. The van der Waals surface area contributed by atoms with Gasteiger partial charge in [-0.05, 0) is 25.5 Å². The molecule has 64 valence electrons. The average Bonchev–Trinajstić information content (AvgIpc) is 1.91. The first kappa shape index (κ1) is 7.55. The van der Waals surface area contributed by atoms with Crippen LogP contribution >= 0.6 is 0 Å². The van der Waals surface area contributed by atoms with Gasteiger partial charge in [0.25, 0.3) is 0 Å². The first-order chi connectivity index (χ1) is 5.77. The fourth-order valence-electron chi connectivity index (χ4n) is 1.52. The zero-order valence-corrected chi connectivity index (χ0v) is 7.05. The maximum Gasteiger partial charge on any atom is 0.248 e. The maximum atomic E-state index is 10.9. The molecule has 1 aliphatic heterocycles. The second kappa shape index (κ2) is 2.75. The minimum absolute atomic E-state index is 0.0180. The van der Waals surface area contributed by atoms with Crippen LogP contribution in [0.25, 0.3) is 0 Å². The topological polar surface area (TPSA) is 44.9 Å². The molecule has 1 aromatic heterocycles. The Labute approximate surface area is 70.8 Å². The van der Waals surface area contributed by atoms with Gasteiger partial charge in [-0.3, -0.25) is 4.79 Å². The molecule has 2 heterocycles. The molecular weight excluding hydrogens is 152 g/mol. The number of pyridine rings is 1. The third-order valence-electron chi connectivity index (χ3n) is 2.36. The molecule has 1 fully saturated rings. The van der Waals surface area contributed by atoms with Crippen molar-refractivity contribution in [3.63, 3.8) is 0 Å². The number of aromatic nitrogens is 1. The van der Waals surface area contributed by atoms with Crippen molar-refractivity contribution in [1.29, 1.82) is 0 Å². The van der Waals surface area contributed by atoms with Gasteiger partial charge in [-0.1, -0.05) is 6.07 Å². The van der Waals surface area contributed by atoms with Gasteiger partial charge < -0.3 is 10.3 Å². The lowest BCUT2D eigenvalue weighted by Crippen LogP contribution is -2.35. The van der Waals surface area contributed by atoms with Crippen LogP contribution in [0.2, 0.25) is 0 Å². The molecule has 0 radical (unpaired) electrons. The van der Waals surface area contributed by atoms with Crippen LogP contribution < -0.4 is 10.9 Å². The highest BCUT2D eigenvalue weighted by Crippen LogP contribution is 2.23. The van der Waals surface area contributed by atoms with Gasteiger partial charge >= 0.3 is 0 Å². The molecule has 1 unspecified atom stereocenters. The van der Waals surface area contributed by atoms with Crippen molar-refractivity contribution in [2.45, 2.75) is 19.4 Å². The molecule has 0 bridgehead atoms. The summed E-state index contributed by atoms with van der Waals surface area (Å²) in [5.74, 6) is 0. The smallest absolute Gasteiger partial charge is 0.248 e. The van der Waals surface area contributed by atoms with E-state index in [-0.39, 0.29) is 5.56 Å². The Morgan fingerprint density at radius 2 is 2.25 bits per heavy atom. The maximum absolute atomic E-state index is 10.9. The zero-order chi connectivity index (χ0) is 8.55. The van der Waals surface area contributed by atoms with Crippen LogP contribution in [-0.2, 0) is 0 Å². The summed E-state index contributed by atoms with van der Waals surface area (Å²) in [6, 6.07) is 3.95. The van der Waals surface area contributed by atoms with Gasteiger partial charge in [-0.2, -0.15) is 0 Å². The van der Waals surface area contributed by atoms with Crippen molar-refractivity contribution < 1.29 is 0 Å². The Morgan fingerprint density at radius 1 is 1.50 bits per heavy atom. The molecular formula is C9H12N2O. The monoisotopic (exact) mass is 164 g/mol. The molecule has 0 amide bonds. The summed E-state index contributed by atoms with van der Waals surface area (Å²) in [7, 11) is 0. The van der Waals surface area contributed by atoms with Crippen LogP contribution in [0.3, 0.4) is 0 Å². The van der Waals surface area contributed by atoms with Crippen molar-refractivity contribution in [2.75, 3.05) is 6.54 Å². The standard InChI is InChI=1S/C9H12N2O/c1-6-7(8-4-5-10-8)2-3-9(12)11-6/h2-3,8,10H,4-5H2,1H3,(H,11,12). The van der Waals surface area contributed by atoms with Crippen LogP contribution in [0.1, 0.15) is 23.7 Å². The van der Waals surface area contributed by atoms with E-state index in [0.717, 1.165) is 12.2 Å². The molecule has 0 aliphatic carbocycles. The van der Waals surface area contributed by atoms with Crippen molar-refractivity contribution in [3.05, 3.63) is 33.7 Å². The summed E-state index contributed by atoms with van der Waals surface area (Å²) in [5, 5.41) is 3.30. The highest BCUT2D eigenvalue weighted by Gasteiger charge is 2.19. The fraction of sp³-hybridized carbons (Fsp3) is 0.444. The van der Waals surface area contributed by atoms with Gasteiger partial charge in [0, 0.05) is 17.8 Å². The van der Waals surface area contributed by atoms with Gasteiger partial charge in [0.2, 0.25) is 5.56 Å². The van der Waals surface area contributed by atoms with Gasteiger partial charge in [0.05, 0.1) is 0 Å². The predicted molar refractivity (Wildman–Crippen MR) is 47.2 cm³/mol. The Hall–Kier alpha value is -1.09. The van der Waals surface area contributed by atoms with Gasteiger partial charge in [0.1, 0.15) is 0 Å². The van der Waals surface area contributed by atoms with E-state index in [0.29, 0.717) is 6.04 Å². The molecule has 3 heteroatoms. The predicted octanol–water partition coefficient (Wildman–Crippen LogP) is 0.718. The number of hydrogen-bond acceptors (Lipinski definition) is 2. The van der Waals surface area contributed by atoms with Crippen LogP contribution in [0.5, 0.6) is 0 Å². The van der Waals surface area contributed by atoms with Gasteiger partial charge in [-0.15, -0.1) is 0 Å². The molecule has 2 rings (SSSR count). The second-order valence-corrected chi connectivity index (χ2v) is 3.20. The Morgan fingerprint density at radius 3 is 2.75 bits per heavy atom. The summed E-state index contributed by atoms with van der Waals surface area (Å²) < 4.78 is 0. The number of H-pyrrole nitrogens is 1. The third-order valence-corrected chi connectivity index (χ3v) is 2.36. The van der Waals surface area contributed by atoms with Crippen LogP contribution in [0, 0.1) is 6.92 Å². The average molecular weight is 164 g/mol. The number of hydrogen-bond donors (Lipinski definition) is 2. The molecule has 3 nitrogen and oxygen atoms in total. The van der Waals surface area contributed by atoms with E-state index >= 15 is 0 Å². The van der Waals surface area contributed by atoms with E-state index in [4.69, 9.17) is 0 Å². The molecule has 1 aromatic rings. The van der Waals surface area contributed by atoms with Crippen LogP contribution in [-0.4, -0.2) is 11.5 Å². The Balaban J connectivity index is 2.37. The lowest BCUT2D eigenvalue weighted by atomic mass is 9.97. The van der Waals surface area contributed by atoms with Crippen molar-refractivity contribution in [3.8, 4) is 0 Å². The van der Waals surface area contributed by atoms with Crippen LogP contribution in [0.15, 0.2) is 16.9 Å². The van der Waals surface area contributed by atoms with E-state index < -0.39 is 0 Å². The molecule has 12 heavy (non-hydrogen) atoms. The van der Waals surface area contributed by atoms with Crippen molar-refractivity contribution >= 4 is 0 Å². The van der Waals surface area contributed by atoms with E-state index in [1.807, 2.05) is 13.0 Å². The zero-order valence-electron chi connectivity index (χ0n) is 7.05. The van der Waals surface area contributed by atoms with E-state index in [1.165, 1.54) is 12.0 Å². The third kappa shape index (κ3) is 1.16. The molecule has 2 N–H and O–H groups in total. The largest absolute Gasteiger partial charge is 0.326 e. The van der Waals surface area contributed by atoms with Gasteiger partial charge in [-0.25, -0.2) is 0 Å². The highest BCUT2D eigenvalue weighted by atomic mass is 16.1. The molecule has 1 aliphatic rings. The number of aromatic amines is 1. The lowest BCUT2D eigenvalue weighted by Gasteiger charge is -2.28. The van der Waals surface area contributed by atoms with Crippen molar-refractivity contribution in [1.82, 2.24) is 10.3 Å². The second-order valence-electron chi connectivity index (χ2n) is 3.20. The Kier molecular flexibility index (Phi) is 1.73. The summed E-state index contributed by atoms with van der Waals surface area (Å²) >= 11 is 0. The lowest BCUT2D eigenvalue weighted by molar-refractivity contribution is 0.380. The van der Waals surface area contributed by atoms with E-state index in [1.54, 1.807) is 6.07 Å². The normalized spacial score (nSPS) is 21.9. The molecule has 0 spiro atoms. The van der Waals surface area contributed by atoms with Crippen molar-refractivity contribution in [2.24, 2.45) is 0 Å². The molecule has 1 saturated heterocycles. The first-order valence-electron chi connectivity index (χ1n) is 4.20. The Bertz CT molecular complexity index is 339. The van der Waals surface area contributed by atoms with Gasteiger partial charge in [0.15, 0.2) is 0 Å². The number of rotatable bonds is 1. The fourth-order valence-corrected chi connectivity index (χ4v) is 1.52. The van der Waals surface area contributed by atoms with Crippen LogP contribution in [0.4, 0.5) is 0 Å². The first-order valence-corrected chi connectivity index (χ1v) is 4.20. The summed E-state index contributed by atoms with van der Waals surface area (Å²) in [6.45, 7) is 3.03. The minimum atomic E-state index is -0.0180. The summed E-state index contributed by atoms with van der Waals surface area (Å²) in [4.78, 5) is 13.7. The SMILES string of the molecule is Cc1[nH]c(=O)ccc1C1CCN1. The molecule has 1 atom stereocenters.